The first-order valence-corrected chi connectivity index (χ1v) is 5.51. The third-order valence-electron chi connectivity index (χ3n) is 2.65. The summed E-state index contributed by atoms with van der Waals surface area (Å²) < 4.78 is 1.62. The van der Waals surface area contributed by atoms with Crippen molar-refractivity contribution in [3.63, 3.8) is 0 Å². The Balaban J connectivity index is 2.71. The molecule has 5 nitrogen and oxygen atoms in total. The lowest BCUT2D eigenvalue weighted by Crippen LogP contribution is -2.27. The van der Waals surface area contributed by atoms with Gasteiger partial charge >= 0.3 is 5.69 Å². The Hall–Kier alpha value is -1.33. The highest BCUT2D eigenvalue weighted by Crippen LogP contribution is 2.18. The predicted molar refractivity (Wildman–Crippen MR) is 63.7 cm³/mol. The smallest absolute Gasteiger partial charge is 0.327 e. The fourth-order valence-corrected chi connectivity index (χ4v) is 1.95. The predicted octanol–water partition coefficient (Wildman–Crippen LogP) is 1.29. The van der Waals surface area contributed by atoms with Crippen LogP contribution in [0.4, 0.5) is 0 Å². The van der Waals surface area contributed by atoms with E-state index in [9.17, 15) is 4.79 Å². The number of hydrogen-bond donors (Lipinski definition) is 2. The van der Waals surface area contributed by atoms with Crippen LogP contribution in [0.5, 0.6) is 0 Å². The maximum absolute atomic E-state index is 11.8. The lowest BCUT2D eigenvalue weighted by atomic mass is 10.2. The zero-order valence-electron chi connectivity index (χ0n) is 8.90. The Morgan fingerprint density at radius 3 is 3.06 bits per heavy atom. The summed E-state index contributed by atoms with van der Waals surface area (Å²) in [6, 6.07) is 1.70. The first kappa shape index (κ1) is 11.2. The van der Waals surface area contributed by atoms with Gasteiger partial charge in [0.2, 0.25) is 0 Å². The molecule has 86 valence electrons. The van der Waals surface area contributed by atoms with E-state index in [1.54, 1.807) is 10.6 Å². The molecule has 2 aromatic heterocycles. The Labute approximate surface area is 97.2 Å². The van der Waals surface area contributed by atoms with Crippen LogP contribution in [0.3, 0.4) is 0 Å². The van der Waals surface area contributed by atoms with Gasteiger partial charge in [-0.15, -0.1) is 0 Å². The van der Waals surface area contributed by atoms with E-state index in [-0.39, 0.29) is 11.7 Å². The summed E-state index contributed by atoms with van der Waals surface area (Å²) >= 11 is 5.87. The van der Waals surface area contributed by atoms with Crippen LogP contribution in [0.15, 0.2) is 17.1 Å². The van der Waals surface area contributed by atoms with Crippen LogP contribution in [-0.2, 0) is 0 Å². The molecule has 0 fully saturated rings. The van der Waals surface area contributed by atoms with Gasteiger partial charge in [0, 0.05) is 12.7 Å². The molecule has 0 aliphatic heterocycles. The van der Waals surface area contributed by atoms with Crippen LogP contribution in [0, 0.1) is 0 Å². The lowest BCUT2D eigenvalue weighted by Gasteiger charge is -2.13. The van der Waals surface area contributed by atoms with E-state index in [1.165, 1.54) is 6.20 Å². The van der Waals surface area contributed by atoms with Gasteiger partial charge in [0.05, 0.1) is 16.6 Å². The number of halogens is 1. The van der Waals surface area contributed by atoms with E-state index in [4.69, 9.17) is 17.3 Å². The molecule has 2 rings (SSSR count). The molecule has 0 saturated heterocycles. The van der Waals surface area contributed by atoms with Gasteiger partial charge in [0.15, 0.2) is 5.65 Å². The number of hydrogen-bond acceptors (Lipinski definition) is 3. The molecule has 1 atom stereocenters. The van der Waals surface area contributed by atoms with Gasteiger partial charge in [0.25, 0.3) is 0 Å². The first-order chi connectivity index (χ1) is 7.67. The number of imidazole rings is 1. The monoisotopic (exact) mass is 240 g/mol. The quantitative estimate of drug-likeness (QED) is 0.849. The number of H-pyrrole nitrogens is 1. The second-order valence-electron chi connectivity index (χ2n) is 3.62. The van der Waals surface area contributed by atoms with Crippen molar-refractivity contribution in [1.29, 1.82) is 0 Å². The third-order valence-corrected chi connectivity index (χ3v) is 2.85. The molecule has 0 aliphatic carbocycles. The van der Waals surface area contributed by atoms with E-state index >= 15 is 0 Å². The molecule has 0 aromatic carbocycles. The van der Waals surface area contributed by atoms with Gasteiger partial charge in [-0.05, 0) is 12.5 Å². The van der Waals surface area contributed by atoms with Crippen molar-refractivity contribution in [2.24, 2.45) is 5.73 Å². The molecule has 0 aliphatic rings. The van der Waals surface area contributed by atoms with E-state index in [1.807, 2.05) is 6.92 Å². The number of aromatic nitrogens is 3. The van der Waals surface area contributed by atoms with Crippen molar-refractivity contribution in [2.75, 3.05) is 6.54 Å². The van der Waals surface area contributed by atoms with Crippen LogP contribution in [0.25, 0.3) is 11.2 Å². The highest BCUT2D eigenvalue weighted by atomic mass is 35.5. The second kappa shape index (κ2) is 4.27. The van der Waals surface area contributed by atoms with Crippen LogP contribution in [0.1, 0.15) is 19.4 Å². The van der Waals surface area contributed by atoms with Crippen molar-refractivity contribution in [3.05, 3.63) is 27.8 Å². The van der Waals surface area contributed by atoms with Gasteiger partial charge < -0.3 is 5.73 Å². The first-order valence-electron chi connectivity index (χ1n) is 5.13. The van der Waals surface area contributed by atoms with E-state index in [0.29, 0.717) is 22.7 Å². The minimum atomic E-state index is -0.193. The Bertz CT molecular complexity index is 555. The highest BCUT2D eigenvalue weighted by molar-refractivity contribution is 6.31. The average Bonchev–Trinajstić information content (AvgIpc) is 2.58. The van der Waals surface area contributed by atoms with Crippen LogP contribution in [0.2, 0.25) is 5.02 Å². The summed E-state index contributed by atoms with van der Waals surface area (Å²) in [6.45, 7) is 2.40. The largest absolute Gasteiger partial charge is 0.328 e. The number of rotatable bonds is 3. The fourth-order valence-electron chi connectivity index (χ4n) is 1.80. The number of nitrogens with one attached hydrogen (secondary N) is 1. The fraction of sp³-hybridized carbons (Fsp3) is 0.400. The maximum atomic E-state index is 11.8. The molecule has 6 heteroatoms. The molecule has 0 saturated carbocycles. The molecule has 0 spiro atoms. The number of nitrogens with two attached hydrogens (primary N) is 1. The summed E-state index contributed by atoms with van der Waals surface area (Å²) in [5.74, 6) is 0. The topological polar surface area (TPSA) is 76.7 Å². The number of nitrogens with zero attached hydrogens (tertiary/aromatic N) is 2. The van der Waals surface area contributed by atoms with Gasteiger partial charge in [0.1, 0.15) is 0 Å². The Kier molecular flexibility index (Phi) is 2.98. The van der Waals surface area contributed by atoms with Crippen LogP contribution < -0.4 is 11.4 Å². The van der Waals surface area contributed by atoms with Crippen LogP contribution >= 0.6 is 11.6 Å². The lowest BCUT2D eigenvalue weighted by molar-refractivity contribution is 0.496. The normalized spacial score (nSPS) is 13.2. The SMILES string of the molecule is CCC(CN)n1c(=O)[nH]c2ncc(Cl)cc21. The third kappa shape index (κ3) is 1.72. The standard InChI is InChI=1S/C10H13ClN4O/c1-2-7(4-12)15-8-3-6(11)5-13-9(8)14-10(15)16/h3,5,7H,2,4,12H2,1H3,(H,13,14,16). The van der Waals surface area contributed by atoms with Gasteiger partial charge in [-0.2, -0.15) is 0 Å². The summed E-state index contributed by atoms with van der Waals surface area (Å²) in [6.07, 6.45) is 2.30. The molecule has 2 heterocycles. The average molecular weight is 241 g/mol. The summed E-state index contributed by atoms with van der Waals surface area (Å²) in [7, 11) is 0. The van der Waals surface area contributed by atoms with Gasteiger partial charge in [-0.25, -0.2) is 9.78 Å². The van der Waals surface area contributed by atoms with Crippen molar-refractivity contribution in [3.8, 4) is 0 Å². The summed E-state index contributed by atoms with van der Waals surface area (Å²) in [4.78, 5) is 18.5. The van der Waals surface area contributed by atoms with Crippen molar-refractivity contribution >= 4 is 22.8 Å². The minimum Gasteiger partial charge on any atom is -0.328 e. The Morgan fingerprint density at radius 2 is 2.44 bits per heavy atom. The Morgan fingerprint density at radius 1 is 1.69 bits per heavy atom. The zero-order valence-corrected chi connectivity index (χ0v) is 9.66. The van der Waals surface area contributed by atoms with Crippen molar-refractivity contribution < 1.29 is 0 Å². The molecular formula is C10H13ClN4O. The summed E-state index contributed by atoms with van der Waals surface area (Å²) in [5.41, 5.74) is 6.70. The molecule has 0 bridgehead atoms. The molecule has 1 unspecified atom stereocenters. The van der Waals surface area contributed by atoms with Crippen LogP contribution in [-0.4, -0.2) is 21.1 Å². The number of aromatic amines is 1. The molecule has 16 heavy (non-hydrogen) atoms. The highest BCUT2D eigenvalue weighted by Gasteiger charge is 2.14. The number of pyridine rings is 1. The van der Waals surface area contributed by atoms with E-state index < -0.39 is 0 Å². The second-order valence-corrected chi connectivity index (χ2v) is 4.06. The zero-order chi connectivity index (χ0) is 11.7. The minimum absolute atomic E-state index is 0.0264. The number of fused-ring (bicyclic) bond motifs is 1. The molecule has 0 radical (unpaired) electrons. The molecule has 0 amide bonds. The maximum Gasteiger partial charge on any atom is 0.327 e. The van der Waals surface area contributed by atoms with Gasteiger partial charge in [-0.1, -0.05) is 18.5 Å². The molecule has 3 N–H and O–H groups in total. The van der Waals surface area contributed by atoms with E-state index in [2.05, 4.69) is 9.97 Å². The molecule has 2 aromatic rings. The van der Waals surface area contributed by atoms with Crippen molar-refractivity contribution in [2.45, 2.75) is 19.4 Å². The van der Waals surface area contributed by atoms with E-state index in [0.717, 1.165) is 6.42 Å². The van der Waals surface area contributed by atoms with Crippen molar-refractivity contribution in [1.82, 2.24) is 14.5 Å². The van der Waals surface area contributed by atoms with Gasteiger partial charge in [-0.3, -0.25) is 9.55 Å². The summed E-state index contributed by atoms with van der Waals surface area (Å²) in [5, 5.41) is 0.507. The molecular weight excluding hydrogens is 228 g/mol.